The summed E-state index contributed by atoms with van der Waals surface area (Å²) < 4.78 is 16.9. The molecule has 2 heterocycles. The van der Waals surface area contributed by atoms with E-state index in [1.807, 2.05) is 60.7 Å². The summed E-state index contributed by atoms with van der Waals surface area (Å²) in [5, 5.41) is 11.9. The monoisotopic (exact) mass is 660 g/mol. The molecule has 0 saturated heterocycles. The van der Waals surface area contributed by atoms with E-state index < -0.39 is 0 Å². The highest BCUT2D eigenvalue weighted by molar-refractivity contribution is 6.35. The van der Waals surface area contributed by atoms with Crippen molar-refractivity contribution < 1.29 is 13.9 Å². The van der Waals surface area contributed by atoms with Gasteiger partial charge in [-0.25, -0.2) is 5.43 Å². The fraction of sp³-hybridized carbons (Fsp3) is 0.212. The zero-order valence-electron chi connectivity index (χ0n) is 25.6. The topological polar surface area (TPSA) is 122 Å². The molecule has 0 spiro atoms. The molecule has 5 rings (SSSR count). The second-order valence-electron chi connectivity index (χ2n) is 9.88. The Morgan fingerprint density at radius 3 is 2.41 bits per heavy atom. The van der Waals surface area contributed by atoms with Gasteiger partial charge in [-0.1, -0.05) is 29.3 Å². The number of ether oxygens (including phenoxy) is 2. The van der Waals surface area contributed by atoms with Gasteiger partial charge in [0.05, 0.1) is 26.1 Å². The zero-order chi connectivity index (χ0) is 32.3. The standard InChI is InChI=1S/C33H34Cl2N8O3/c1-4-43(5-2)26-13-9-22(30(18-26)46-21-23-8-10-24(34)17-29(23)35)19-37-42-33-40-31(36-20-28-7-6-16-45-28)39-32(41-33)38-25-11-14-27(44-3)15-12-25/h6-19H,4-5,20-21H2,1-3H3,(H3,36,38,39,40,41,42)/b37-19-. The Morgan fingerprint density at radius 2 is 1.70 bits per heavy atom. The van der Waals surface area contributed by atoms with Crippen LogP contribution in [0.3, 0.4) is 0 Å². The van der Waals surface area contributed by atoms with E-state index in [0.717, 1.165) is 47.1 Å². The maximum absolute atomic E-state index is 6.41. The molecule has 5 aromatic rings. The van der Waals surface area contributed by atoms with E-state index in [4.69, 9.17) is 37.1 Å². The van der Waals surface area contributed by atoms with Crippen LogP contribution in [0.4, 0.5) is 29.2 Å². The molecule has 13 heteroatoms. The van der Waals surface area contributed by atoms with Gasteiger partial charge >= 0.3 is 0 Å². The number of hydrogen-bond donors (Lipinski definition) is 3. The predicted octanol–water partition coefficient (Wildman–Crippen LogP) is 8.01. The van der Waals surface area contributed by atoms with Gasteiger partial charge < -0.3 is 29.4 Å². The highest BCUT2D eigenvalue weighted by Crippen LogP contribution is 2.28. The second kappa shape index (κ2) is 15.8. The van der Waals surface area contributed by atoms with Crippen LogP contribution in [0.2, 0.25) is 10.0 Å². The molecule has 11 nitrogen and oxygen atoms in total. The molecule has 0 aliphatic rings. The lowest BCUT2D eigenvalue weighted by molar-refractivity contribution is 0.306. The van der Waals surface area contributed by atoms with Gasteiger partial charge in [0.25, 0.3) is 0 Å². The van der Waals surface area contributed by atoms with E-state index in [2.05, 4.69) is 54.9 Å². The third-order valence-corrected chi connectivity index (χ3v) is 7.46. The lowest BCUT2D eigenvalue weighted by Crippen LogP contribution is -2.21. The summed E-state index contributed by atoms with van der Waals surface area (Å²) in [5.74, 6) is 2.97. The first-order valence-corrected chi connectivity index (χ1v) is 15.4. The number of benzene rings is 3. The van der Waals surface area contributed by atoms with Crippen molar-refractivity contribution in [1.82, 2.24) is 15.0 Å². The molecular formula is C33H34Cl2N8O3. The molecule has 0 atom stereocenters. The number of nitrogens with zero attached hydrogens (tertiary/aromatic N) is 5. The van der Waals surface area contributed by atoms with Crippen LogP contribution in [-0.2, 0) is 13.2 Å². The van der Waals surface area contributed by atoms with Crippen molar-refractivity contribution in [2.24, 2.45) is 5.10 Å². The molecule has 3 N–H and O–H groups in total. The molecule has 2 aromatic heterocycles. The Kier molecular flexibility index (Phi) is 11.1. The van der Waals surface area contributed by atoms with E-state index in [0.29, 0.717) is 34.2 Å². The molecule has 0 aliphatic carbocycles. The van der Waals surface area contributed by atoms with Crippen molar-refractivity contribution in [3.8, 4) is 11.5 Å². The Hall–Kier alpha value is -5.00. The van der Waals surface area contributed by atoms with Crippen molar-refractivity contribution in [1.29, 1.82) is 0 Å². The maximum Gasteiger partial charge on any atom is 0.250 e. The minimum Gasteiger partial charge on any atom is -0.497 e. The number of halogens is 2. The molecule has 0 bridgehead atoms. The number of anilines is 5. The van der Waals surface area contributed by atoms with Crippen LogP contribution in [0.25, 0.3) is 0 Å². The highest BCUT2D eigenvalue weighted by atomic mass is 35.5. The third-order valence-electron chi connectivity index (χ3n) is 6.87. The Labute approximate surface area is 277 Å². The average Bonchev–Trinajstić information content (AvgIpc) is 3.59. The van der Waals surface area contributed by atoms with Crippen molar-refractivity contribution in [2.75, 3.05) is 41.2 Å². The fourth-order valence-corrected chi connectivity index (χ4v) is 4.90. The summed E-state index contributed by atoms with van der Waals surface area (Å²) in [6, 6.07) is 22.4. The first-order valence-electron chi connectivity index (χ1n) is 14.6. The van der Waals surface area contributed by atoms with Crippen LogP contribution in [0.1, 0.15) is 30.7 Å². The smallest absolute Gasteiger partial charge is 0.250 e. The van der Waals surface area contributed by atoms with E-state index in [-0.39, 0.29) is 12.6 Å². The predicted molar refractivity (Wildman–Crippen MR) is 184 cm³/mol. The van der Waals surface area contributed by atoms with E-state index >= 15 is 0 Å². The van der Waals surface area contributed by atoms with E-state index in [1.54, 1.807) is 31.7 Å². The summed E-state index contributed by atoms with van der Waals surface area (Å²) in [5.41, 5.74) is 6.30. The van der Waals surface area contributed by atoms with Crippen LogP contribution in [0.5, 0.6) is 11.5 Å². The van der Waals surface area contributed by atoms with Gasteiger partial charge in [0.15, 0.2) is 0 Å². The first kappa shape index (κ1) is 32.4. The molecule has 0 amide bonds. The number of aromatic nitrogens is 3. The summed E-state index contributed by atoms with van der Waals surface area (Å²) in [6.07, 6.45) is 3.26. The van der Waals surface area contributed by atoms with Crippen LogP contribution in [-0.4, -0.2) is 41.4 Å². The molecule has 0 radical (unpaired) electrons. The first-order chi connectivity index (χ1) is 22.4. The number of methoxy groups -OCH3 is 1. The number of furan rings is 1. The highest BCUT2D eigenvalue weighted by Gasteiger charge is 2.11. The molecule has 0 fully saturated rings. The van der Waals surface area contributed by atoms with Crippen LogP contribution in [0, 0.1) is 0 Å². The second-order valence-corrected chi connectivity index (χ2v) is 10.7. The van der Waals surface area contributed by atoms with Gasteiger partial charge in [0, 0.05) is 51.7 Å². The summed E-state index contributed by atoms with van der Waals surface area (Å²) in [4.78, 5) is 15.7. The van der Waals surface area contributed by atoms with Gasteiger partial charge in [-0.15, -0.1) is 0 Å². The van der Waals surface area contributed by atoms with Crippen molar-refractivity contribution >= 4 is 58.6 Å². The number of hydrogen-bond acceptors (Lipinski definition) is 11. The summed E-state index contributed by atoms with van der Waals surface area (Å²) in [7, 11) is 1.62. The third kappa shape index (κ3) is 8.80. The quantitative estimate of drug-likeness (QED) is 0.0751. The Balaban J connectivity index is 1.37. The maximum atomic E-state index is 6.41. The van der Waals surface area contributed by atoms with Gasteiger partial charge in [0.2, 0.25) is 17.8 Å². The Bertz CT molecular complexity index is 1750. The number of nitrogens with one attached hydrogen (secondary N) is 3. The van der Waals surface area contributed by atoms with Gasteiger partial charge in [-0.2, -0.15) is 20.1 Å². The van der Waals surface area contributed by atoms with Crippen molar-refractivity contribution in [3.63, 3.8) is 0 Å². The molecule has 0 aliphatic heterocycles. The number of hydrazone groups is 1. The minimum absolute atomic E-state index is 0.222. The number of rotatable bonds is 15. The minimum atomic E-state index is 0.222. The summed E-state index contributed by atoms with van der Waals surface area (Å²) >= 11 is 12.5. The average molecular weight is 662 g/mol. The molecular weight excluding hydrogens is 627 g/mol. The molecule has 238 valence electrons. The largest absolute Gasteiger partial charge is 0.497 e. The lowest BCUT2D eigenvalue weighted by atomic mass is 10.1. The van der Waals surface area contributed by atoms with Crippen LogP contribution >= 0.6 is 23.2 Å². The van der Waals surface area contributed by atoms with Crippen molar-refractivity contribution in [2.45, 2.75) is 27.0 Å². The lowest BCUT2D eigenvalue weighted by Gasteiger charge is -2.22. The van der Waals surface area contributed by atoms with E-state index in [1.165, 1.54) is 0 Å². The van der Waals surface area contributed by atoms with Gasteiger partial charge in [-0.05, 0) is 74.5 Å². The van der Waals surface area contributed by atoms with Crippen molar-refractivity contribution in [3.05, 3.63) is 106 Å². The Morgan fingerprint density at radius 1 is 0.913 bits per heavy atom. The van der Waals surface area contributed by atoms with Crippen LogP contribution in [0.15, 0.2) is 88.6 Å². The molecule has 0 saturated carbocycles. The molecule has 3 aromatic carbocycles. The zero-order valence-corrected chi connectivity index (χ0v) is 27.1. The molecule has 0 unspecified atom stereocenters. The van der Waals surface area contributed by atoms with Gasteiger partial charge in [0.1, 0.15) is 23.9 Å². The fourth-order valence-electron chi connectivity index (χ4n) is 4.44. The van der Waals surface area contributed by atoms with Gasteiger partial charge in [-0.3, -0.25) is 0 Å². The SMILES string of the molecule is CCN(CC)c1ccc(/C=N\Nc2nc(NCc3ccco3)nc(Nc3ccc(OC)cc3)n2)c(OCc2ccc(Cl)cc2Cl)c1. The summed E-state index contributed by atoms with van der Waals surface area (Å²) in [6.45, 7) is 6.58. The normalized spacial score (nSPS) is 11.0. The van der Waals surface area contributed by atoms with E-state index in [9.17, 15) is 0 Å². The van der Waals surface area contributed by atoms with Crippen LogP contribution < -0.4 is 30.4 Å². The molecule has 46 heavy (non-hydrogen) atoms.